The summed E-state index contributed by atoms with van der Waals surface area (Å²) in [5, 5.41) is 11.4. The Morgan fingerprint density at radius 3 is 2.66 bits per heavy atom. The van der Waals surface area contributed by atoms with Crippen LogP contribution >= 0.6 is 11.6 Å². The number of alkyl halides is 3. The second-order valence-corrected chi connectivity index (χ2v) is 11.5. The van der Waals surface area contributed by atoms with Crippen molar-refractivity contribution in [3.8, 4) is 11.5 Å². The zero-order valence-electron chi connectivity index (χ0n) is 22.6. The van der Waals surface area contributed by atoms with Gasteiger partial charge in [-0.1, -0.05) is 23.2 Å². The van der Waals surface area contributed by atoms with E-state index in [0.29, 0.717) is 11.6 Å². The van der Waals surface area contributed by atoms with Crippen LogP contribution in [0.2, 0.25) is 5.02 Å². The summed E-state index contributed by atoms with van der Waals surface area (Å²) in [6.07, 6.45) is -4.37. The van der Waals surface area contributed by atoms with Crippen molar-refractivity contribution >= 4 is 23.5 Å². The number of β-amino-alcohol motifs (C(OH)–C–C–N with tert-alkyl or cyclic N) is 1. The van der Waals surface area contributed by atoms with Crippen molar-refractivity contribution in [3.63, 3.8) is 0 Å². The molecule has 2 aromatic rings. The molecule has 1 N–H and O–H groups in total. The van der Waals surface area contributed by atoms with Crippen LogP contribution in [0, 0.1) is 6.92 Å². The zero-order valence-corrected chi connectivity index (χ0v) is 23.3. The van der Waals surface area contributed by atoms with E-state index in [9.17, 15) is 27.9 Å². The largest absolute Gasteiger partial charge is 0.490 e. The minimum absolute atomic E-state index is 0.0444. The number of rotatable bonds is 7. The summed E-state index contributed by atoms with van der Waals surface area (Å²) in [5.74, 6) is -1.56. The first kappa shape index (κ1) is 29.5. The molecule has 5 rings (SSSR count). The predicted octanol–water partition coefficient (Wildman–Crippen LogP) is 4.18. The third kappa shape index (κ3) is 6.90. The van der Waals surface area contributed by atoms with Gasteiger partial charge in [0.1, 0.15) is 35.9 Å². The lowest BCUT2D eigenvalue weighted by atomic mass is 9.87. The number of aryl methyl sites for hydroxylation is 1. The summed E-state index contributed by atoms with van der Waals surface area (Å²) >= 11 is 6.13. The maximum Gasteiger partial charge on any atom is 0.490 e. The molecule has 3 heterocycles. The van der Waals surface area contributed by atoms with Gasteiger partial charge in [-0.05, 0) is 42.8 Å². The van der Waals surface area contributed by atoms with Gasteiger partial charge in [0.2, 0.25) is 0 Å². The van der Waals surface area contributed by atoms with E-state index in [1.807, 2.05) is 18.2 Å². The molecule has 8 nitrogen and oxygen atoms in total. The molecule has 0 aromatic heterocycles. The standard InChI is InChI=1S/C29H32ClF3N2O6/c1-18-2-4-25(23(12-18)26(37)35-9-6-22(16-35)40-27(38)29(31,32)33)39-17-21(36)15-34-10-7-28(8-11-34)14-19-13-20(30)3-5-24(19)41-28/h2-5,12-13,21-22,36H,6-11,14-17H2,1H3/t21-,22+/m1/s1. The van der Waals surface area contributed by atoms with Gasteiger partial charge in [0.25, 0.3) is 5.91 Å². The predicted molar refractivity (Wildman–Crippen MR) is 143 cm³/mol. The number of carbonyl (C=O) groups excluding carboxylic acids is 2. The summed E-state index contributed by atoms with van der Waals surface area (Å²) in [6.45, 7) is 3.65. The minimum Gasteiger partial charge on any atom is -0.490 e. The number of halogens is 4. The molecule has 2 saturated heterocycles. The molecule has 2 aromatic carbocycles. The van der Waals surface area contributed by atoms with Crippen LogP contribution in [0.25, 0.3) is 0 Å². The molecule has 222 valence electrons. The maximum atomic E-state index is 13.2. The molecule has 2 fully saturated rings. The molecular weight excluding hydrogens is 565 g/mol. The Balaban J connectivity index is 1.12. The lowest BCUT2D eigenvalue weighted by Crippen LogP contribution is -2.49. The number of amides is 1. The number of aliphatic hydroxyl groups excluding tert-OH is 1. The highest BCUT2D eigenvalue weighted by molar-refractivity contribution is 6.30. The van der Waals surface area contributed by atoms with E-state index < -0.39 is 30.3 Å². The monoisotopic (exact) mass is 596 g/mol. The van der Waals surface area contributed by atoms with Gasteiger partial charge in [-0.25, -0.2) is 4.79 Å². The third-order valence-electron chi connectivity index (χ3n) is 7.83. The quantitative estimate of drug-likeness (QED) is 0.480. The first-order valence-electron chi connectivity index (χ1n) is 13.6. The van der Waals surface area contributed by atoms with Crippen LogP contribution < -0.4 is 9.47 Å². The minimum atomic E-state index is -5.09. The number of aliphatic hydroxyl groups is 1. The van der Waals surface area contributed by atoms with Crippen LogP contribution in [0.1, 0.15) is 40.7 Å². The highest BCUT2D eigenvalue weighted by atomic mass is 35.5. The van der Waals surface area contributed by atoms with Gasteiger partial charge < -0.3 is 29.1 Å². The van der Waals surface area contributed by atoms with E-state index in [1.165, 1.54) is 4.90 Å². The summed E-state index contributed by atoms with van der Waals surface area (Å²) in [6, 6.07) is 10.7. The summed E-state index contributed by atoms with van der Waals surface area (Å²) < 4.78 is 54.3. The first-order chi connectivity index (χ1) is 19.4. The third-order valence-corrected chi connectivity index (χ3v) is 8.07. The fraction of sp³-hybridized carbons (Fsp3) is 0.517. The number of piperidine rings is 1. The number of benzene rings is 2. The van der Waals surface area contributed by atoms with E-state index >= 15 is 0 Å². The van der Waals surface area contributed by atoms with Crippen molar-refractivity contribution in [2.24, 2.45) is 0 Å². The smallest absolute Gasteiger partial charge is 0.490 e. The topological polar surface area (TPSA) is 88.5 Å². The Labute approximate surface area is 240 Å². The molecule has 2 atom stereocenters. The average Bonchev–Trinajstić information content (AvgIpc) is 3.52. The van der Waals surface area contributed by atoms with E-state index in [0.717, 1.165) is 49.2 Å². The van der Waals surface area contributed by atoms with Gasteiger partial charge in [0.05, 0.1) is 12.1 Å². The Kier molecular flexibility index (Phi) is 8.41. The Hall–Kier alpha value is -3.02. The average molecular weight is 597 g/mol. The van der Waals surface area contributed by atoms with Crippen molar-refractivity contribution in [2.45, 2.75) is 56.6 Å². The van der Waals surface area contributed by atoms with Gasteiger partial charge in [-0.15, -0.1) is 0 Å². The fourth-order valence-corrected chi connectivity index (χ4v) is 5.89. The number of esters is 1. The number of carbonyl (C=O) groups is 2. The van der Waals surface area contributed by atoms with Crippen molar-refractivity contribution in [3.05, 3.63) is 58.1 Å². The van der Waals surface area contributed by atoms with Crippen molar-refractivity contribution in [2.75, 3.05) is 39.3 Å². The van der Waals surface area contributed by atoms with Crippen LogP contribution in [0.15, 0.2) is 36.4 Å². The van der Waals surface area contributed by atoms with Gasteiger partial charge in [-0.3, -0.25) is 4.79 Å². The van der Waals surface area contributed by atoms with Gasteiger partial charge in [0, 0.05) is 56.9 Å². The van der Waals surface area contributed by atoms with Crippen molar-refractivity contribution in [1.29, 1.82) is 0 Å². The Morgan fingerprint density at radius 1 is 1.17 bits per heavy atom. The first-order valence-corrected chi connectivity index (χ1v) is 14.0. The SMILES string of the molecule is Cc1ccc(OC[C@H](O)CN2CCC3(CC2)Cc2cc(Cl)ccc2O3)c(C(=O)N2CC[C@H](OC(=O)C(F)(F)F)C2)c1. The summed E-state index contributed by atoms with van der Waals surface area (Å²) in [4.78, 5) is 27.9. The van der Waals surface area contributed by atoms with Crippen LogP contribution in [0.5, 0.6) is 11.5 Å². The second kappa shape index (κ2) is 11.7. The normalized spacial score (nSPS) is 20.9. The van der Waals surface area contributed by atoms with Crippen LogP contribution in [-0.2, 0) is 16.0 Å². The zero-order chi connectivity index (χ0) is 29.4. The van der Waals surface area contributed by atoms with E-state index in [1.54, 1.807) is 25.1 Å². The number of nitrogens with zero attached hydrogens (tertiary/aromatic N) is 2. The molecule has 0 aliphatic carbocycles. The molecule has 1 amide bonds. The number of ether oxygens (including phenoxy) is 3. The number of hydrogen-bond donors (Lipinski definition) is 1. The van der Waals surface area contributed by atoms with Crippen LogP contribution in [-0.4, -0.2) is 90.1 Å². The van der Waals surface area contributed by atoms with E-state index in [4.69, 9.17) is 21.1 Å². The fourth-order valence-electron chi connectivity index (χ4n) is 5.70. The summed E-state index contributed by atoms with van der Waals surface area (Å²) in [7, 11) is 0. The highest BCUT2D eigenvalue weighted by Crippen LogP contribution is 2.42. The number of hydrogen-bond acceptors (Lipinski definition) is 7. The number of likely N-dealkylation sites (tertiary alicyclic amines) is 2. The number of fused-ring (bicyclic) bond motifs is 1. The van der Waals surface area contributed by atoms with Gasteiger partial charge in [0.15, 0.2) is 0 Å². The lowest BCUT2D eigenvalue weighted by Gasteiger charge is -2.39. The van der Waals surface area contributed by atoms with Crippen molar-refractivity contribution < 1.29 is 42.1 Å². The van der Waals surface area contributed by atoms with Gasteiger partial charge in [-0.2, -0.15) is 13.2 Å². The maximum absolute atomic E-state index is 13.2. The molecule has 3 aliphatic heterocycles. The Bertz CT molecular complexity index is 1300. The lowest BCUT2D eigenvalue weighted by molar-refractivity contribution is -0.204. The van der Waals surface area contributed by atoms with E-state index in [2.05, 4.69) is 9.64 Å². The summed E-state index contributed by atoms with van der Waals surface area (Å²) in [5.41, 5.74) is 1.90. The molecular formula is C29H32ClF3N2O6. The second-order valence-electron chi connectivity index (χ2n) is 11.0. The molecule has 3 aliphatic rings. The molecule has 0 unspecified atom stereocenters. The van der Waals surface area contributed by atoms with Crippen LogP contribution in [0.3, 0.4) is 0 Å². The van der Waals surface area contributed by atoms with Crippen LogP contribution in [0.4, 0.5) is 13.2 Å². The molecule has 0 bridgehead atoms. The van der Waals surface area contributed by atoms with Crippen molar-refractivity contribution in [1.82, 2.24) is 9.80 Å². The molecule has 1 spiro atoms. The highest BCUT2D eigenvalue weighted by Gasteiger charge is 2.44. The Morgan fingerprint density at radius 2 is 1.93 bits per heavy atom. The molecule has 12 heteroatoms. The molecule has 41 heavy (non-hydrogen) atoms. The molecule has 0 radical (unpaired) electrons. The van der Waals surface area contributed by atoms with Gasteiger partial charge >= 0.3 is 12.1 Å². The van der Waals surface area contributed by atoms with E-state index in [-0.39, 0.29) is 43.0 Å². The molecule has 0 saturated carbocycles.